The fraction of sp³-hybridized carbons (Fsp3) is 0. The Morgan fingerprint density at radius 3 is 1.36 bits per heavy atom. The molecule has 0 aliphatic rings. The van der Waals surface area contributed by atoms with Crippen molar-refractivity contribution in [1.82, 2.24) is 0 Å². The number of rotatable bonds is 2. The number of ether oxygens (including phenoxy) is 1. The van der Waals surface area contributed by atoms with Gasteiger partial charge in [0.25, 0.3) is 0 Å². The van der Waals surface area contributed by atoms with Crippen LogP contribution in [0.3, 0.4) is 0 Å². The van der Waals surface area contributed by atoms with E-state index >= 15 is 0 Å². The van der Waals surface area contributed by atoms with Crippen molar-refractivity contribution in [2.75, 3.05) is 0 Å². The Kier molecular flexibility index (Phi) is 13.7. The van der Waals surface area contributed by atoms with Crippen molar-refractivity contribution in [1.29, 1.82) is 0 Å². The highest BCUT2D eigenvalue weighted by atomic mass is 32.3. The molecular weight excluding hydrogens is 176 g/mol. The quantitative estimate of drug-likeness (QED) is 0.458. The van der Waals surface area contributed by atoms with Gasteiger partial charge in [-0.25, -0.2) is 0 Å². The van der Waals surface area contributed by atoms with Crippen LogP contribution in [0.4, 0.5) is 0 Å². The van der Waals surface area contributed by atoms with Crippen molar-refractivity contribution in [2.45, 2.75) is 0 Å². The first-order valence-corrected chi connectivity index (χ1v) is 3.38. The zero-order chi connectivity index (χ0) is 8.62. The van der Waals surface area contributed by atoms with Gasteiger partial charge in [0, 0.05) is 0 Å². The van der Waals surface area contributed by atoms with E-state index in [1.165, 1.54) is 12.5 Å². The van der Waals surface area contributed by atoms with Crippen LogP contribution in [0.2, 0.25) is 0 Å². The summed E-state index contributed by atoms with van der Waals surface area (Å²) in [7, 11) is -4.67. The summed E-state index contributed by atoms with van der Waals surface area (Å²) >= 11 is 0. The lowest BCUT2D eigenvalue weighted by molar-refractivity contribution is 0.381. The monoisotopic (exact) mass is 186 g/mol. The van der Waals surface area contributed by atoms with E-state index in [9.17, 15) is 0 Å². The predicted molar refractivity (Wildman–Crippen MR) is 39.3 cm³/mol. The van der Waals surface area contributed by atoms with Crippen molar-refractivity contribution in [3.63, 3.8) is 0 Å². The van der Waals surface area contributed by atoms with E-state index in [1.807, 2.05) is 0 Å². The van der Waals surface area contributed by atoms with E-state index in [2.05, 4.69) is 17.9 Å². The summed E-state index contributed by atoms with van der Waals surface area (Å²) in [5, 5.41) is 0. The second kappa shape index (κ2) is 9.11. The molecule has 7 heteroatoms. The molecule has 0 saturated carbocycles. The Morgan fingerprint density at radius 2 is 1.36 bits per heavy atom. The topological polar surface area (TPSA) is 115 Å². The maximum Gasteiger partial charge on any atom is 0.394 e. The third-order valence-corrected chi connectivity index (χ3v) is 0.192. The van der Waals surface area contributed by atoms with Gasteiger partial charge in [-0.2, -0.15) is 8.42 Å². The first kappa shape index (κ1) is 16.6. The van der Waals surface area contributed by atoms with Crippen LogP contribution in [-0.2, 0) is 15.1 Å². The summed E-state index contributed by atoms with van der Waals surface area (Å²) in [5.74, 6) is 0. The molecule has 0 bridgehead atoms. The summed E-state index contributed by atoms with van der Waals surface area (Å²) in [6.45, 7) is 6.51. The minimum Gasteiger partial charge on any atom is -0.474 e. The maximum absolute atomic E-state index is 8.74. The molecule has 11 heavy (non-hydrogen) atoms. The van der Waals surface area contributed by atoms with Gasteiger partial charge in [-0.05, 0) is 0 Å². The van der Waals surface area contributed by atoms with E-state index in [-0.39, 0.29) is 5.48 Å². The molecule has 0 unspecified atom stereocenters. The second-order valence-electron chi connectivity index (χ2n) is 0.917. The lowest BCUT2D eigenvalue weighted by Gasteiger charge is -1.76. The van der Waals surface area contributed by atoms with E-state index in [0.717, 1.165) is 0 Å². The number of hydrogen-bond acceptors (Lipinski definition) is 3. The summed E-state index contributed by atoms with van der Waals surface area (Å²) in [6.07, 6.45) is 2.62. The zero-order valence-corrected chi connectivity index (χ0v) is 6.41. The molecule has 4 N–H and O–H groups in total. The minimum absolute atomic E-state index is 0. The summed E-state index contributed by atoms with van der Waals surface area (Å²) in [4.78, 5) is 0. The molecule has 0 amide bonds. The van der Waals surface area contributed by atoms with Gasteiger partial charge in [-0.15, -0.1) is 0 Å². The Bertz CT molecular complexity index is 167. The Balaban J connectivity index is -0.000000107. The summed E-state index contributed by atoms with van der Waals surface area (Å²) in [5.41, 5.74) is 0. The van der Waals surface area contributed by atoms with Gasteiger partial charge in [0.15, 0.2) is 0 Å². The van der Waals surface area contributed by atoms with Gasteiger partial charge in [0.2, 0.25) is 0 Å². The molecule has 0 saturated heterocycles. The van der Waals surface area contributed by atoms with Crippen LogP contribution in [0.15, 0.2) is 25.7 Å². The van der Waals surface area contributed by atoms with Gasteiger partial charge in [0.1, 0.15) is 0 Å². The predicted octanol–water partition coefficient (Wildman–Crippen LogP) is -0.188. The highest BCUT2D eigenvalue weighted by Crippen LogP contribution is 1.65. The fourth-order valence-corrected chi connectivity index (χ4v) is 0.0680. The molecule has 0 aliphatic carbocycles. The molecule has 0 spiro atoms. The van der Waals surface area contributed by atoms with E-state index in [4.69, 9.17) is 17.5 Å². The molecule has 0 aromatic carbocycles. The largest absolute Gasteiger partial charge is 0.474 e. The molecule has 0 atom stereocenters. The van der Waals surface area contributed by atoms with Crippen LogP contribution in [0, 0.1) is 0 Å². The zero-order valence-electron chi connectivity index (χ0n) is 5.60. The van der Waals surface area contributed by atoms with Crippen LogP contribution in [0.1, 0.15) is 0 Å². The van der Waals surface area contributed by atoms with E-state index < -0.39 is 10.4 Å². The van der Waals surface area contributed by atoms with Gasteiger partial charge < -0.3 is 10.2 Å². The Morgan fingerprint density at radius 1 is 1.18 bits per heavy atom. The smallest absolute Gasteiger partial charge is 0.394 e. The van der Waals surface area contributed by atoms with Crippen molar-refractivity contribution >= 4 is 10.4 Å². The molecule has 0 aromatic rings. The first-order valence-electron chi connectivity index (χ1n) is 1.99. The third-order valence-electron chi connectivity index (χ3n) is 0.192. The van der Waals surface area contributed by atoms with Gasteiger partial charge >= 0.3 is 10.4 Å². The molecular formula is C4H10O6S. The van der Waals surface area contributed by atoms with Crippen molar-refractivity contribution in [2.24, 2.45) is 0 Å². The molecule has 0 aliphatic heterocycles. The minimum atomic E-state index is -4.67. The van der Waals surface area contributed by atoms with Crippen LogP contribution < -0.4 is 0 Å². The van der Waals surface area contributed by atoms with Gasteiger partial charge in [-0.1, -0.05) is 13.2 Å². The van der Waals surface area contributed by atoms with Crippen LogP contribution in [0.25, 0.3) is 0 Å². The Labute approximate surface area is 64.7 Å². The van der Waals surface area contributed by atoms with Gasteiger partial charge in [-0.3, -0.25) is 9.11 Å². The molecule has 68 valence electrons. The average Bonchev–Trinajstić information content (AvgIpc) is 1.63. The molecule has 6 nitrogen and oxygen atoms in total. The fourth-order valence-electron chi connectivity index (χ4n) is 0.0680. The SMILES string of the molecule is C=COC=C.O.O=S(=O)(O)O. The van der Waals surface area contributed by atoms with Crippen LogP contribution >= 0.6 is 0 Å². The summed E-state index contributed by atoms with van der Waals surface area (Å²) in [6, 6.07) is 0. The van der Waals surface area contributed by atoms with Crippen molar-refractivity contribution < 1.29 is 27.7 Å². The lowest BCUT2D eigenvalue weighted by atomic mass is 11.1. The average molecular weight is 186 g/mol. The summed E-state index contributed by atoms with van der Waals surface area (Å²) < 4.78 is 35.9. The van der Waals surface area contributed by atoms with Crippen molar-refractivity contribution in [3.05, 3.63) is 25.7 Å². The Hall–Kier alpha value is -0.890. The van der Waals surface area contributed by atoms with Gasteiger partial charge in [0.05, 0.1) is 12.5 Å². The normalized spacial score (nSPS) is 7.82. The highest BCUT2D eigenvalue weighted by molar-refractivity contribution is 7.79. The first-order chi connectivity index (χ1) is 4.41. The molecule has 0 heterocycles. The molecule has 0 radical (unpaired) electrons. The molecule has 0 fully saturated rings. The highest BCUT2D eigenvalue weighted by Gasteiger charge is 1.84. The van der Waals surface area contributed by atoms with Crippen LogP contribution in [-0.4, -0.2) is 23.0 Å². The third kappa shape index (κ3) is 374. The van der Waals surface area contributed by atoms with E-state index in [1.54, 1.807) is 0 Å². The second-order valence-corrected chi connectivity index (χ2v) is 1.81. The van der Waals surface area contributed by atoms with Crippen LogP contribution in [0.5, 0.6) is 0 Å². The molecule has 0 aromatic heterocycles. The van der Waals surface area contributed by atoms with E-state index in [0.29, 0.717) is 0 Å². The molecule has 0 rings (SSSR count). The van der Waals surface area contributed by atoms with Crippen molar-refractivity contribution in [3.8, 4) is 0 Å². The number of hydrogen-bond donors (Lipinski definition) is 2. The standard InChI is InChI=1S/C4H6O.H2O4S.H2O/c1-3-5-4-2;1-5(2,3)4;/h3-4H,1-2H2;(H2,1,2,3,4);1H2. The lowest BCUT2D eigenvalue weighted by Crippen LogP contribution is -1.89. The maximum atomic E-state index is 8.74.